The molecule has 1 unspecified atom stereocenters. The first-order valence-corrected chi connectivity index (χ1v) is 8.86. The highest BCUT2D eigenvalue weighted by Gasteiger charge is 2.36. The second-order valence-corrected chi connectivity index (χ2v) is 6.64. The molecule has 1 aliphatic rings. The van der Waals surface area contributed by atoms with Gasteiger partial charge in [0.05, 0.1) is 13.0 Å². The first kappa shape index (κ1) is 18.4. The van der Waals surface area contributed by atoms with Crippen LogP contribution in [0, 0.1) is 0 Å². The molecular formula is C20H21ClN2O3. The molecule has 0 radical (unpaired) electrons. The van der Waals surface area contributed by atoms with E-state index in [1.165, 1.54) is 0 Å². The van der Waals surface area contributed by atoms with Crippen molar-refractivity contribution in [2.24, 2.45) is 0 Å². The normalized spacial score (nSPS) is 16.3. The summed E-state index contributed by atoms with van der Waals surface area (Å²) in [6, 6.07) is 14.3. The van der Waals surface area contributed by atoms with Crippen molar-refractivity contribution in [1.82, 2.24) is 10.2 Å². The molecule has 136 valence electrons. The number of carbonyl (C=O) groups is 2. The molecule has 0 fully saturated rings. The SMILES string of the molecule is COCCN1C(=O)Cc2ccccc2C1C(=O)NCc1ccc(Cl)cc1. The standard InChI is InChI=1S/C20H21ClN2O3/c1-26-11-10-23-18(24)12-15-4-2-3-5-17(15)19(23)20(25)22-13-14-6-8-16(21)9-7-14/h2-9,19H,10-13H2,1H3,(H,22,25). The molecule has 5 nitrogen and oxygen atoms in total. The zero-order valence-corrected chi connectivity index (χ0v) is 15.3. The molecule has 1 heterocycles. The van der Waals surface area contributed by atoms with Crippen molar-refractivity contribution in [3.8, 4) is 0 Å². The Morgan fingerprint density at radius 2 is 1.96 bits per heavy atom. The van der Waals surface area contributed by atoms with Gasteiger partial charge in [-0.05, 0) is 28.8 Å². The number of hydrogen-bond acceptors (Lipinski definition) is 3. The Bertz CT molecular complexity index is 792. The number of amides is 2. The highest BCUT2D eigenvalue weighted by molar-refractivity contribution is 6.30. The molecule has 2 amide bonds. The number of carbonyl (C=O) groups excluding carboxylic acids is 2. The van der Waals surface area contributed by atoms with Crippen LogP contribution in [-0.2, 0) is 27.3 Å². The Balaban J connectivity index is 1.81. The summed E-state index contributed by atoms with van der Waals surface area (Å²) in [5, 5.41) is 3.59. The largest absolute Gasteiger partial charge is 0.383 e. The van der Waals surface area contributed by atoms with E-state index in [1.54, 1.807) is 24.1 Å². The van der Waals surface area contributed by atoms with Gasteiger partial charge in [-0.15, -0.1) is 0 Å². The predicted octanol–water partition coefficient (Wildman–Crippen LogP) is 2.73. The third kappa shape index (κ3) is 4.06. The summed E-state index contributed by atoms with van der Waals surface area (Å²) < 4.78 is 5.11. The van der Waals surface area contributed by atoms with Crippen molar-refractivity contribution in [3.05, 3.63) is 70.2 Å². The Hall–Kier alpha value is -2.37. The van der Waals surface area contributed by atoms with Crippen molar-refractivity contribution in [1.29, 1.82) is 0 Å². The lowest BCUT2D eigenvalue weighted by Gasteiger charge is -2.36. The molecule has 0 spiro atoms. The van der Waals surface area contributed by atoms with Crippen molar-refractivity contribution >= 4 is 23.4 Å². The Kier molecular flexibility index (Phi) is 5.91. The Morgan fingerprint density at radius 3 is 2.69 bits per heavy atom. The summed E-state index contributed by atoms with van der Waals surface area (Å²) >= 11 is 5.89. The van der Waals surface area contributed by atoms with Gasteiger partial charge >= 0.3 is 0 Å². The van der Waals surface area contributed by atoms with Crippen molar-refractivity contribution in [3.63, 3.8) is 0 Å². The maximum Gasteiger partial charge on any atom is 0.247 e. The van der Waals surface area contributed by atoms with Crippen LogP contribution in [0.3, 0.4) is 0 Å². The van der Waals surface area contributed by atoms with E-state index in [9.17, 15) is 9.59 Å². The lowest BCUT2D eigenvalue weighted by molar-refractivity contribution is -0.142. The number of methoxy groups -OCH3 is 1. The number of hydrogen-bond donors (Lipinski definition) is 1. The fourth-order valence-corrected chi connectivity index (χ4v) is 3.28. The molecule has 3 rings (SSSR count). The van der Waals surface area contributed by atoms with Crippen molar-refractivity contribution in [2.45, 2.75) is 19.0 Å². The first-order valence-electron chi connectivity index (χ1n) is 8.48. The quantitative estimate of drug-likeness (QED) is 0.848. The molecule has 0 saturated heterocycles. The monoisotopic (exact) mass is 372 g/mol. The van der Waals surface area contributed by atoms with E-state index >= 15 is 0 Å². The smallest absolute Gasteiger partial charge is 0.247 e. The molecule has 0 aliphatic carbocycles. The van der Waals surface area contributed by atoms with Crippen molar-refractivity contribution < 1.29 is 14.3 Å². The zero-order valence-electron chi connectivity index (χ0n) is 14.6. The van der Waals surface area contributed by atoms with Crippen LogP contribution in [0.4, 0.5) is 0 Å². The van der Waals surface area contributed by atoms with E-state index in [0.29, 0.717) is 31.1 Å². The molecule has 0 bridgehead atoms. The second kappa shape index (κ2) is 8.34. The van der Waals surface area contributed by atoms with E-state index in [1.807, 2.05) is 36.4 Å². The summed E-state index contributed by atoms with van der Waals surface area (Å²) in [5.74, 6) is -0.260. The fourth-order valence-electron chi connectivity index (χ4n) is 3.15. The summed E-state index contributed by atoms with van der Waals surface area (Å²) in [6.45, 7) is 1.14. The van der Waals surface area contributed by atoms with E-state index < -0.39 is 6.04 Å². The van der Waals surface area contributed by atoms with Crippen LogP contribution in [0.1, 0.15) is 22.7 Å². The number of ether oxygens (including phenoxy) is 1. The third-order valence-electron chi connectivity index (χ3n) is 4.49. The van der Waals surface area contributed by atoms with Crippen LogP contribution in [0.5, 0.6) is 0 Å². The van der Waals surface area contributed by atoms with Crippen LogP contribution in [0.2, 0.25) is 5.02 Å². The highest BCUT2D eigenvalue weighted by atomic mass is 35.5. The third-order valence-corrected chi connectivity index (χ3v) is 4.74. The summed E-state index contributed by atoms with van der Waals surface area (Å²) in [7, 11) is 1.58. The number of nitrogens with zero attached hydrogens (tertiary/aromatic N) is 1. The average Bonchev–Trinajstić information content (AvgIpc) is 2.65. The minimum absolute atomic E-state index is 0.0626. The molecule has 2 aromatic carbocycles. The molecule has 26 heavy (non-hydrogen) atoms. The van der Waals surface area contributed by atoms with Crippen LogP contribution < -0.4 is 5.32 Å². The predicted molar refractivity (Wildman–Crippen MR) is 99.8 cm³/mol. The van der Waals surface area contributed by atoms with Crippen LogP contribution in [0.25, 0.3) is 0 Å². The molecule has 1 atom stereocenters. The molecule has 1 N–H and O–H groups in total. The highest BCUT2D eigenvalue weighted by Crippen LogP contribution is 2.30. The van der Waals surface area contributed by atoms with Gasteiger partial charge in [-0.25, -0.2) is 0 Å². The van der Waals surface area contributed by atoms with Gasteiger partial charge in [0.2, 0.25) is 11.8 Å². The van der Waals surface area contributed by atoms with Gasteiger partial charge in [-0.3, -0.25) is 9.59 Å². The van der Waals surface area contributed by atoms with Crippen LogP contribution in [-0.4, -0.2) is 37.0 Å². The number of fused-ring (bicyclic) bond motifs is 1. The summed E-state index contributed by atoms with van der Waals surface area (Å²) in [4.78, 5) is 27.1. The summed E-state index contributed by atoms with van der Waals surface area (Å²) in [5.41, 5.74) is 2.72. The van der Waals surface area contributed by atoms with E-state index in [0.717, 1.165) is 16.7 Å². The zero-order chi connectivity index (χ0) is 18.5. The topological polar surface area (TPSA) is 58.6 Å². The van der Waals surface area contributed by atoms with Gasteiger partial charge in [0.15, 0.2) is 0 Å². The molecule has 1 aliphatic heterocycles. The van der Waals surface area contributed by atoms with Gasteiger partial charge in [-0.1, -0.05) is 48.0 Å². The fraction of sp³-hybridized carbons (Fsp3) is 0.300. The van der Waals surface area contributed by atoms with Gasteiger partial charge in [0.1, 0.15) is 6.04 Å². The second-order valence-electron chi connectivity index (χ2n) is 6.20. The maximum absolute atomic E-state index is 12.9. The van der Waals surface area contributed by atoms with Gasteiger partial charge in [0.25, 0.3) is 0 Å². The maximum atomic E-state index is 12.9. The van der Waals surface area contributed by atoms with E-state index in [-0.39, 0.29) is 11.8 Å². The lowest BCUT2D eigenvalue weighted by Crippen LogP contribution is -2.48. The molecule has 2 aromatic rings. The van der Waals surface area contributed by atoms with Gasteiger partial charge < -0.3 is 15.0 Å². The molecular weight excluding hydrogens is 352 g/mol. The molecule has 0 aromatic heterocycles. The van der Waals surface area contributed by atoms with Crippen molar-refractivity contribution in [2.75, 3.05) is 20.3 Å². The minimum atomic E-state index is -0.644. The average molecular weight is 373 g/mol. The van der Waals surface area contributed by atoms with E-state index in [2.05, 4.69) is 5.32 Å². The Labute approximate surface area is 157 Å². The first-order chi connectivity index (χ1) is 12.6. The van der Waals surface area contributed by atoms with Crippen LogP contribution >= 0.6 is 11.6 Å². The number of benzene rings is 2. The molecule has 6 heteroatoms. The number of nitrogens with one attached hydrogen (secondary N) is 1. The number of halogens is 1. The lowest BCUT2D eigenvalue weighted by atomic mass is 9.91. The van der Waals surface area contributed by atoms with Gasteiger partial charge in [-0.2, -0.15) is 0 Å². The van der Waals surface area contributed by atoms with Gasteiger partial charge in [0, 0.05) is 25.2 Å². The van der Waals surface area contributed by atoms with Crippen LogP contribution in [0.15, 0.2) is 48.5 Å². The minimum Gasteiger partial charge on any atom is -0.383 e. The number of rotatable bonds is 6. The Morgan fingerprint density at radius 1 is 1.23 bits per heavy atom. The van der Waals surface area contributed by atoms with E-state index in [4.69, 9.17) is 16.3 Å². The summed E-state index contributed by atoms with van der Waals surface area (Å²) in [6.07, 6.45) is 0.306. The molecule has 0 saturated carbocycles.